The minimum absolute atomic E-state index is 0.0704. The van der Waals surface area contributed by atoms with Gasteiger partial charge in [0.15, 0.2) is 0 Å². The van der Waals surface area contributed by atoms with Gasteiger partial charge < -0.3 is 15.8 Å². The van der Waals surface area contributed by atoms with Crippen molar-refractivity contribution in [1.82, 2.24) is 10.2 Å². The molecule has 0 atom stereocenters. The number of anilines is 1. The van der Waals surface area contributed by atoms with E-state index in [0.717, 1.165) is 44.5 Å². The predicted molar refractivity (Wildman–Crippen MR) is 113 cm³/mol. The summed E-state index contributed by atoms with van der Waals surface area (Å²) in [5.41, 5.74) is 9.33. The molecule has 0 radical (unpaired) electrons. The Morgan fingerprint density at radius 3 is 2.68 bits per heavy atom. The number of nitrogens with zero attached hydrogens (tertiary/aromatic N) is 1. The van der Waals surface area contributed by atoms with Gasteiger partial charge in [0.2, 0.25) is 0 Å². The molecule has 1 amide bonds. The Labute approximate surface area is 167 Å². The number of carbonyl (C=O) groups is 1. The average Bonchev–Trinajstić information content (AvgIpc) is 2.71. The van der Waals surface area contributed by atoms with Crippen LogP contribution in [0.4, 0.5) is 5.69 Å². The van der Waals surface area contributed by atoms with Crippen molar-refractivity contribution in [2.75, 3.05) is 32.0 Å². The molecule has 2 aromatic rings. The fourth-order valence-electron chi connectivity index (χ4n) is 3.58. The lowest BCUT2D eigenvalue weighted by Crippen LogP contribution is -2.37. The molecule has 150 valence electrons. The molecule has 0 bridgehead atoms. The van der Waals surface area contributed by atoms with Crippen molar-refractivity contribution < 1.29 is 9.53 Å². The van der Waals surface area contributed by atoms with Gasteiger partial charge in [-0.25, -0.2) is 0 Å². The summed E-state index contributed by atoms with van der Waals surface area (Å²) in [5.74, 6) is -0.0704. The predicted octanol–water partition coefficient (Wildman–Crippen LogP) is 3.38. The van der Waals surface area contributed by atoms with Crippen LogP contribution < -0.4 is 11.1 Å². The molecule has 0 unspecified atom stereocenters. The quantitative estimate of drug-likeness (QED) is 0.543. The zero-order valence-electron chi connectivity index (χ0n) is 16.7. The van der Waals surface area contributed by atoms with E-state index in [2.05, 4.69) is 40.5 Å². The number of benzene rings is 2. The van der Waals surface area contributed by atoms with Crippen molar-refractivity contribution in [2.24, 2.45) is 0 Å². The van der Waals surface area contributed by atoms with Gasteiger partial charge in [-0.3, -0.25) is 9.69 Å². The topological polar surface area (TPSA) is 67.6 Å². The van der Waals surface area contributed by atoms with Crippen LogP contribution in [-0.4, -0.2) is 43.2 Å². The highest BCUT2D eigenvalue weighted by molar-refractivity contribution is 5.96. The fraction of sp³-hybridized carbons (Fsp3) is 0.435. The number of amides is 1. The highest BCUT2D eigenvalue weighted by atomic mass is 16.5. The van der Waals surface area contributed by atoms with E-state index in [1.165, 1.54) is 5.56 Å². The normalized spacial score (nSPS) is 15.5. The highest BCUT2D eigenvalue weighted by Gasteiger charge is 2.19. The van der Waals surface area contributed by atoms with E-state index >= 15 is 0 Å². The van der Waals surface area contributed by atoms with Crippen LogP contribution in [0.5, 0.6) is 0 Å². The van der Waals surface area contributed by atoms with Crippen molar-refractivity contribution in [3.8, 4) is 0 Å². The monoisotopic (exact) mass is 381 g/mol. The number of hydrogen-bond acceptors (Lipinski definition) is 4. The number of piperidine rings is 1. The number of ether oxygens (including phenoxy) is 1. The van der Waals surface area contributed by atoms with Crippen LogP contribution in [0, 0.1) is 6.92 Å². The van der Waals surface area contributed by atoms with E-state index in [-0.39, 0.29) is 5.91 Å². The summed E-state index contributed by atoms with van der Waals surface area (Å²) >= 11 is 0. The fourth-order valence-corrected chi connectivity index (χ4v) is 3.58. The van der Waals surface area contributed by atoms with Gasteiger partial charge in [-0.1, -0.05) is 36.4 Å². The number of likely N-dealkylation sites (tertiary alicyclic amines) is 1. The molecule has 1 fully saturated rings. The van der Waals surface area contributed by atoms with E-state index in [1.54, 1.807) is 6.07 Å². The molecule has 1 heterocycles. The van der Waals surface area contributed by atoms with Gasteiger partial charge in [-0.05, 0) is 49.4 Å². The summed E-state index contributed by atoms with van der Waals surface area (Å²) in [5, 5.41) is 2.96. The summed E-state index contributed by atoms with van der Waals surface area (Å²) in [4.78, 5) is 14.7. The van der Waals surface area contributed by atoms with Crippen LogP contribution in [0.2, 0.25) is 0 Å². The number of nitrogens with two attached hydrogens (primary N) is 1. The van der Waals surface area contributed by atoms with Gasteiger partial charge in [-0.2, -0.15) is 0 Å². The zero-order chi connectivity index (χ0) is 19.8. The molecule has 28 heavy (non-hydrogen) atoms. The Morgan fingerprint density at radius 1 is 1.18 bits per heavy atom. The lowest BCUT2D eigenvalue weighted by atomic mass is 10.1. The maximum absolute atomic E-state index is 12.3. The van der Waals surface area contributed by atoms with Crippen LogP contribution in [0.15, 0.2) is 48.5 Å². The molecular weight excluding hydrogens is 350 g/mol. The van der Waals surface area contributed by atoms with Crippen LogP contribution in [0.3, 0.4) is 0 Å². The molecule has 2 aromatic carbocycles. The summed E-state index contributed by atoms with van der Waals surface area (Å²) in [7, 11) is 0. The van der Waals surface area contributed by atoms with E-state index in [4.69, 9.17) is 10.5 Å². The van der Waals surface area contributed by atoms with Crippen molar-refractivity contribution >= 4 is 11.6 Å². The third-order valence-corrected chi connectivity index (χ3v) is 5.25. The molecule has 1 aliphatic heterocycles. The molecule has 0 spiro atoms. The highest BCUT2D eigenvalue weighted by Crippen LogP contribution is 2.16. The number of carbonyl (C=O) groups excluding carboxylic acids is 1. The van der Waals surface area contributed by atoms with Gasteiger partial charge in [0.1, 0.15) is 0 Å². The summed E-state index contributed by atoms with van der Waals surface area (Å²) in [6.07, 6.45) is 3.29. The standard InChI is InChI=1S/C23H31N3O2/c1-18-8-9-20(24)16-22(18)23(27)25-12-5-15-28-21-10-13-26(14-11-21)17-19-6-3-2-4-7-19/h2-4,6-9,16,21H,5,10-15,17,24H2,1H3,(H,25,27). The second-order valence-electron chi connectivity index (χ2n) is 7.52. The number of aryl methyl sites for hydroxylation is 1. The Bertz CT molecular complexity index is 756. The second-order valence-corrected chi connectivity index (χ2v) is 7.52. The first-order valence-corrected chi connectivity index (χ1v) is 10.1. The molecule has 1 saturated heterocycles. The lowest BCUT2D eigenvalue weighted by Gasteiger charge is -2.32. The molecule has 0 saturated carbocycles. The SMILES string of the molecule is Cc1ccc(N)cc1C(=O)NCCCOC1CCN(Cc2ccccc2)CC1. The number of nitrogens with one attached hydrogen (secondary N) is 1. The largest absolute Gasteiger partial charge is 0.399 e. The Morgan fingerprint density at radius 2 is 1.93 bits per heavy atom. The maximum Gasteiger partial charge on any atom is 0.251 e. The number of hydrogen-bond donors (Lipinski definition) is 2. The Balaban J connectivity index is 1.29. The van der Waals surface area contributed by atoms with E-state index in [0.29, 0.717) is 30.5 Å². The first-order valence-electron chi connectivity index (χ1n) is 10.1. The van der Waals surface area contributed by atoms with E-state index < -0.39 is 0 Å². The first kappa shape index (κ1) is 20.4. The minimum atomic E-state index is -0.0704. The summed E-state index contributed by atoms with van der Waals surface area (Å²) in [6, 6.07) is 16.0. The van der Waals surface area contributed by atoms with Gasteiger partial charge in [-0.15, -0.1) is 0 Å². The van der Waals surface area contributed by atoms with Gasteiger partial charge in [0, 0.05) is 44.0 Å². The smallest absolute Gasteiger partial charge is 0.251 e. The molecule has 5 nitrogen and oxygen atoms in total. The van der Waals surface area contributed by atoms with Crippen molar-refractivity contribution in [1.29, 1.82) is 0 Å². The van der Waals surface area contributed by atoms with Crippen LogP contribution >= 0.6 is 0 Å². The van der Waals surface area contributed by atoms with Crippen LogP contribution in [0.1, 0.15) is 40.7 Å². The average molecular weight is 382 g/mol. The van der Waals surface area contributed by atoms with Crippen molar-refractivity contribution in [3.63, 3.8) is 0 Å². The summed E-state index contributed by atoms with van der Waals surface area (Å²) in [6.45, 7) is 6.38. The van der Waals surface area contributed by atoms with Crippen LogP contribution in [0.25, 0.3) is 0 Å². The molecule has 0 aliphatic carbocycles. The van der Waals surface area contributed by atoms with Crippen molar-refractivity contribution in [3.05, 3.63) is 65.2 Å². The third kappa shape index (κ3) is 6.08. The molecule has 0 aromatic heterocycles. The van der Waals surface area contributed by atoms with Crippen molar-refractivity contribution in [2.45, 2.75) is 38.8 Å². The zero-order valence-corrected chi connectivity index (χ0v) is 16.7. The van der Waals surface area contributed by atoms with Gasteiger partial charge in [0.05, 0.1) is 6.10 Å². The molecule has 5 heteroatoms. The molecule has 3 N–H and O–H groups in total. The number of rotatable bonds is 8. The molecule has 3 rings (SSSR count). The van der Waals surface area contributed by atoms with E-state index in [9.17, 15) is 4.79 Å². The van der Waals surface area contributed by atoms with E-state index in [1.807, 2.05) is 19.1 Å². The summed E-state index contributed by atoms with van der Waals surface area (Å²) < 4.78 is 6.01. The lowest BCUT2D eigenvalue weighted by molar-refractivity contribution is 0.00515. The first-order chi connectivity index (χ1) is 13.6. The van der Waals surface area contributed by atoms with Gasteiger partial charge in [0.25, 0.3) is 5.91 Å². The number of nitrogen functional groups attached to an aromatic ring is 1. The van der Waals surface area contributed by atoms with Gasteiger partial charge >= 0.3 is 0 Å². The Kier molecular flexibility index (Phi) is 7.46. The second kappa shape index (κ2) is 10.2. The minimum Gasteiger partial charge on any atom is -0.399 e. The molecular formula is C23H31N3O2. The molecule has 1 aliphatic rings. The van der Waals surface area contributed by atoms with Crippen LogP contribution in [-0.2, 0) is 11.3 Å². The maximum atomic E-state index is 12.3. The Hall–Kier alpha value is -2.37. The third-order valence-electron chi connectivity index (χ3n) is 5.25.